The van der Waals surface area contributed by atoms with Gasteiger partial charge in [-0.05, 0) is 47.9 Å². The summed E-state index contributed by atoms with van der Waals surface area (Å²) in [5, 5.41) is 15.2. The van der Waals surface area contributed by atoms with Crippen molar-refractivity contribution in [1.29, 1.82) is 5.26 Å². The summed E-state index contributed by atoms with van der Waals surface area (Å²) in [6, 6.07) is 10.5. The van der Waals surface area contributed by atoms with E-state index in [1.54, 1.807) is 30.3 Å². The molecule has 0 saturated carbocycles. The third-order valence-electron chi connectivity index (χ3n) is 6.65. The zero-order valence-corrected chi connectivity index (χ0v) is 20.1. The van der Waals surface area contributed by atoms with Crippen molar-refractivity contribution in [2.45, 2.75) is 30.6 Å². The minimum atomic E-state index is -3.27. The summed E-state index contributed by atoms with van der Waals surface area (Å²) in [6.07, 6.45) is 0.0544. The molecule has 3 heterocycles. The molecule has 2 saturated heterocycles. The molecule has 0 aromatic heterocycles. The molecule has 0 bridgehead atoms. The number of sulfone groups is 1. The molecule has 1 spiro atoms. The Morgan fingerprint density at radius 2 is 2.00 bits per heavy atom. The summed E-state index contributed by atoms with van der Waals surface area (Å²) in [5.41, 5.74) is 1.01. The summed E-state index contributed by atoms with van der Waals surface area (Å²) in [6.45, 7) is 1.53. The van der Waals surface area contributed by atoms with Gasteiger partial charge < -0.3 is 20.1 Å². The largest absolute Gasteiger partial charge is 0.448 e. The number of nitriles is 1. The van der Waals surface area contributed by atoms with Crippen LogP contribution in [-0.2, 0) is 36.1 Å². The molecule has 2 aromatic rings. The number of ether oxygens (including phenoxy) is 2. The van der Waals surface area contributed by atoms with E-state index >= 15 is 4.39 Å². The first kappa shape index (κ1) is 24.4. The van der Waals surface area contributed by atoms with Crippen LogP contribution in [0, 0.1) is 17.1 Å². The first-order valence-corrected chi connectivity index (χ1v) is 13.4. The lowest BCUT2D eigenvalue weighted by atomic mass is 9.91. The van der Waals surface area contributed by atoms with E-state index in [9.17, 15) is 23.3 Å². The van der Waals surface area contributed by atoms with Gasteiger partial charge in [0, 0.05) is 25.1 Å². The lowest BCUT2D eigenvalue weighted by Crippen LogP contribution is -2.52. The van der Waals surface area contributed by atoms with Gasteiger partial charge in [-0.25, -0.2) is 17.6 Å². The van der Waals surface area contributed by atoms with Crippen LogP contribution in [0.3, 0.4) is 0 Å². The normalized spacial score (nSPS) is 22.4. The molecule has 2 aromatic carbocycles. The van der Waals surface area contributed by atoms with Gasteiger partial charge in [0.25, 0.3) is 5.91 Å². The van der Waals surface area contributed by atoms with E-state index in [0.29, 0.717) is 35.4 Å². The van der Waals surface area contributed by atoms with Crippen LogP contribution in [-0.4, -0.2) is 63.6 Å². The Balaban J connectivity index is 1.32. The average Bonchev–Trinajstić information content (AvgIpc) is 2.99. The van der Waals surface area contributed by atoms with Gasteiger partial charge in [-0.15, -0.1) is 0 Å². The topological polar surface area (TPSA) is 135 Å². The molecule has 2 atom stereocenters. The Bertz CT molecular complexity index is 1370. The second-order valence-electron chi connectivity index (χ2n) is 9.29. The van der Waals surface area contributed by atoms with E-state index in [0.717, 1.165) is 13.0 Å². The number of carbonyl (C=O) groups is 2. The highest BCUT2D eigenvalue weighted by atomic mass is 32.2. The smallest absolute Gasteiger partial charge is 0.339 e. The molecule has 0 aliphatic carbocycles. The van der Waals surface area contributed by atoms with Gasteiger partial charge in [-0.3, -0.25) is 4.79 Å². The summed E-state index contributed by atoms with van der Waals surface area (Å²) in [4.78, 5) is 24.7. The van der Waals surface area contributed by atoms with Gasteiger partial charge in [0.15, 0.2) is 15.4 Å². The van der Waals surface area contributed by atoms with Gasteiger partial charge in [0.1, 0.15) is 18.0 Å². The second kappa shape index (κ2) is 9.28. The number of hydrogen-bond acceptors (Lipinski definition) is 8. The van der Waals surface area contributed by atoms with Crippen LogP contribution in [0.15, 0.2) is 36.4 Å². The van der Waals surface area contributed by atoms with E-state index in [2.05, 4.69) is 10.6 Å². The summed E-state index contributed by atoms with van der Waals surface area (Å²) >= 11 is 0. The predicted octanol–water partition coefficient (Wildman–Crippen LogP) is 1.22. The SMILES string of the molecule is N#C[C@H](Cc1ccc(-c2ccc3c(c2)C2(CS(=O)(=O)C2)OC3=O)cc1F)NC(=O)[C@@H]1CNCCCO1. The Morgan fingerprint density at radius 3 is 2.72 bits per heavy atom. The number of fused-ring (bicyclic) bond motifs is 2. The van der Waals surface area contributed by atoms with Crippen LogP contribution in [0.25, 0.3) is 11.1 Å². The molecule has 2 fully saturated rings. The van der Waals surface area contributed by atoms with E-state index in [-0.39, 0.29) is 23.5 Å². The van der Waals surface area contributed by atoms with E-state index in [1.165, 1.54) is 6.07 Å². The monoisotopic (exact) mass is 513 g/mol. The fourth-order valence-electron chi connectivity index (χ4n) is 4.84. The summed E-state index contributed by atoms with van der Waals surface area (Å²) < 4.78 is 49.5. The zero-order valence-electron chi connectivity index (χ0n) is 19.3. The molecule has 1 amide bonds. The maximum Gasteiger partial charge on any atom is 0.339 e. The van der Waals surface area contributed by atoms with Crippen molar-refractivity contribution in [2.24, 2.45) is 0 Å². The first-order valence-electron chi connectivity index (χ1n) is 11.6. The lowest BCUT2D eigenvalue weighted by Gasteiger charge is -2.36. The Morgan fingerprint density at radius 1 is 1.25 bits per heavy atom. The van der Waals surface area contributed by atoms with Crippen LogP contribution < -0.4 is 10.6 Å². The average molecular weight is 514 g/mol. The molecule has 188 valence electrons. The van der Waals surface area contributed by atoms with E-state index < -0.39 is 45.3 Å². The molecule has 3 aliphatic heterocycles. The van der Waals surface area contributed by atoms with Crippen molar-refractivity contribution < 1.29 is 31.9 Å². The standard InChI is InChI=1S/C25H24FN3O6S/c26-21-10-16(15-4-5-19-20(9-15)25(35-24(19)31)13-36(32,33)14-25)2-3-17(21)8-18(11-27)29-23(30)22-12-28-6-1-7-34-22/h2-5,9-10,18,22,28H,1,6-8,12-14H2,(H,29,30)/t18-,22-/m0/s1. The number of amides is 1. The Kier molecular flexibility index (Phi) is 6.28. The fraction of sp³-hybridized carbons (Fsp3) is 0.400. The third kappa shape index (κ3) is 4.59. The molecule has 2 N–H and O–H groups in total. The highest BCUT2D eigenvalue weighted by Gasteiger charge is 2.58. The molecular weight excluding hydrogens is 489 g/mol. The molecule has 5 rings (SSSR count). The number of hydrogen-bond donors (Lipinski definition) is 2. The fourth-order valence-corrected chi connectivity index (χ4v) is 6.60. The number of nitrogens with zero attached hydrogens (tertiary/aromatic N) is 1. The highest BCUT2D eigenvalue weighted by Crippen LogP contribution is 2.46. The van der Waals surface area contributed by atoms with Crippen LogP contribution >= 0.6 is 0 Å². The van der Waals surface area contributed by atoms with Crippen LogP contribution in [0.5, 0.6) is 0 Å². The zero-order chi connectivity index (χ0) is 25.5. The highest BCUT2D eigenvalue weighted by molar-refractivity contribution is 7.93. The van der Waals surface area contributed by atoms with E-state index in [4.69, 9.17) is 9.47 Å². The minimum absolute atomic E-state index is 0.0258. The molecule has 0 radical (unpaired) electrons. The summed E-state index contributed by atoms with van der Waals surface area (Å²) in [7, 11) is -3.27. The van der Waals surface area contributed by atoms with Gasteiger partial charge in [0.05, 0.1) is 23.1 Å². The molecule has 9 nitrogen and oxygen atoms in total. The van der Waals surface area contributed by atoms with Crippen molar-refractivity contribution in [3.63, 3.8) is 0 Å². The molecule has 36 heavy (non-hydrogen) atoms. The second-order valence-corrected chi connectivity index (χ2v) is 11.4. The number of benzene rings is 2. The third-order valence-corrected chi connectivity index (χ3v) is 8.46. The maximum absolute atomic E-state index is 15.0. The van der Waals surface area contributed by atoms with Crippen molar-refractivity contribution in [3.8, 4) is 17.2 Å². The van der Waals surface area contributed by atoms with Crippen molar-refractivity contribution >= 4 is 21.7 Å². The van der Waals surface area contributed by atoms with Gasteiger partial charge >= 0.3 is 5.97 Å². The Labute approximate surface area is 207 Å². The van der Waals surface area contributed by atoms with Crippen molar-refractivity contribution in [2.75, 3.05) is 31.2 Å². The number of esters is 1. The van der Waals surface area contributed by atoms with Gasteiger partial charge in [0.2, 0.25) is 0 Å². The quantitative estimate of drug-likeness (QED) is 0.570. The first-order chi connectivity index (χ1) is 17.2. The summed E-state index contributed by atoms with van der Waals surface area (Å²) in [5.74, 6) is -2.07. The number of carbonyl (C=O) groups excluding carboxylic acids is 2. The number of nitrogens with one attached hydrogen (secondary N) is 2. The number of halogens is 1. The van der Waals surface area contributed by atoms with Crippen molar-refractivity contribution in [3.05, 3.63) is 58.9 Å². The predicted molar refractivity (Wildman–Crippen MR) is 126 cm³/mol. The van der Waals surface area contributed by atoms with Crippen molar-refractivity contribution in [1.82, 2.24) is 10.6 Å². The van der Waals surface area contributed by atoms with Crippen LogP contribution in [0.2, 0.25) is 0 Å². The Hall–Kier alpha value is -3.33. The minimum Gasteiger partial charge on any atom is -0.448 e. The van der Waals surface area contributed by atoms with Crippen LogP contribution in [0.1, 0.15) is 27.9 Å². The maximum atomic E-state index is 15.0. The molecule has 11 heteroatoms. The lowest BCUT2D eigenvalue weighted by molar-refractivity contribution is -0.132. The van der Waals surface area contributed by atoms with E-state index in [1.807, 2.05) is 6.07 Å². The number of rotatable bonds is 5. The van der Waals surface area contributed by atoms with Crippen LogP contribution in [0.4, 0.5) is 4.39 Å². The van der Waals surface area contributed by atoms with Gasteiger partial charge in [-0.2, -0.15) is 5.26 Å². The molecular formula is C25H24FN3O6S. The molecule has 0 unspecified atom stereocenters. The molecule has 3 aliphatic rings. The van der Waals surface area contributed by atoms with Gasteiger partial charge in [-0.1, -0.05) is 18.2 Å².